The molecule has 0 radical (unpaired) electrons. The van der Waals surface area contributed by atoms with Gasteiger partial charge in [-0.15, -0.1) is 0 Å². The predicted molar refractivity (Wildman–Crippen MR) is 75.3 cm³/mol. The maximum absolute atomic E-state index is 5.92. The van der Waals surface area contributed by atoms with Crippen LogP contribution in [0.3, 0.4) is 0 Å². The monoisotopic (exact) mass is 382 g/mol. The predicted octanol–water partition coefficient (Wildman–Crippen LogP) is 4.54. The zero-order valence-electron chi connectivity index (χ0n) is 7.82. The molecule has 0 spiro atoms. The summed E-state index contributed by atoms with van der Waals surface area (Å²) in [7, 11) is 0. The zero-order valence-corrected chi connectivity index (χ0v) is 12.3. The fourth-order valence-electron chi connectivity index (χ4n) is 0.999. The van der Waals surface area contributed by atoms with Crippen LogP contribution in [0, 0.1) is 3.57 Å². The van der Waals surface area contributed by atoms with Crippen LogP contribution in [0.2, 0.25) is 10.0 Å². The molecule has 0 aliphatic rings. The summed E-state index contributed by atoms with van der Waals surface area (Å²) in [4.78, 5) is 9.36. The number of nitrogens with zero attached hydrogens (tertiary/aromatic N) is 2. The normalized spacial score (nSPS) is 10.4. The van der Waals surface area contributed by atoms with Crippen LogP contribution in [0.25, 0.3) is 0 Å². The molecule has 0 aliphatic carbocycles. The van der Waals surface area contributed by atoms with E-state index in [4.69, 9.17) is 23.2 Å². The molecule has 6 heteroatoms. The third-order valence-corrected chi connectivity index (χ3v) is 3.88. The Morgan fingerprint density at radius 1 is 1.06 bits per heavy atom. The Morgan fingerprint density at radius 2 is 1.75 bits per heavy atom. The quantitative estimate of drug-likeness (QED) is 0.563. The van der Waals surface area contributed by atoms with Crippen LogP contribution in [-0.4, -0.2) is 9.97 Å². The highest BCUT2D eigenvalue weighted by Gasteiger charge is 2.03. The average molecular weight is 383 g/mol. The Balaban J connectivity index is 2.20. The molecule has 0 aliphatic heterocycles. The maximum atomic E-state index is 5.92. The van der Waals surface area contributed by atoms with E-state index in [0.717, 1.165) is 8.47 Å². The summed E-state index contributed by atoms with van der Waals surface area (Å²) < 4.78 is 1.01. The van der Waals surface area contributed by atoms with Crippen LogP contribution in [0.4, 0.5) is 0 Å². The molecule has 0 saturated carbocycles. The highest BCUT2D eigenvalue weighted by Crippen LogP contribution is 2.30. The second-order valence-electron chi connectivity index (χ2n) is 2.86. The van der Waals surface area contributed by atoms with E-state index in [1.54, 1.807) is 24.5 Å². The molecule has 0 N–H and O–H groups in total. The number of hydrogen-bond acceptors (Lipinski definition) is 3. The van der Waals surface area contributed by atoms with Crippen molar-refractivity contribution < 1.29 is 0 Å². The van der Waals surface area contributed by atoms with Gasteiger partial charge in [0.1, 0.15) is 0 Å². The van der Waals surface area contributed by atoms with Gasteiger partial charge in [-0.25, -0.2) is 9.97 Å². The standard InChI is InChI=1S/C10H5Cl2IN2S/c11-8-2-1-7(3-9(8)12)16-10-14-4-6(13)5-15-10/h1-5H. The number of aromatic nitrogens is 2. The Kier molecular flexibility index (Phi) is 4.29. The highest BCUT2D eigenvalue weighted by atomic mass is 127. The third kappa shape index (κ3) is 3.23. The zero-order chi connectivity index (χ0) is 11.5. The molecular formula is C10H5Cl2IN2S. The number of halogens is 3. The molecule has 0 saturated heterocycles. The molecule has 2 aromatic rings. The summed E-state index contributed by atoms with van der Waals surface area (Å²) in [6.07, 6.45) is 3.54. The summed E-state index contributed by atoms with van der Waals surface area (Å²) in [5.74, 6) is 0. The molecule has 1 aromatic carbocycles. The molecule has 16 heavy (non-hydrogen) atoms. The first-order chi connectivity index (χ1) is 7.65. The van der Waals surface area contributed by atoms with Crippen molar-refractivity contribution in [3.63, 3.8) is 0 Å². The van der Waals surface area contributed by atoms with Crippen LogP contribution in [0.15, 0.2) is 40.6 Å². The van der Waals surface area contributed by atoms with Crippen molar-refractivity contribution in [1.29, 1.82) is 0 Å². The highest BCUT2D eigenvalue weighted by molar-refractivity contribution is 14.1. The Hall–Kier alpha value is -0.0400. The average Bonchev–Trinajstić information content (AvgIpc) is 2.27. The lowest BCUT2D eigenvalue weighted by Crippen LogP contribution is -1.86. The lowest BCUT2D eigenvalue weighted by Gasteiger charge is -2.01. The number of rotatable bonds is 2. The third-order valence-electron chi connectivity index (χ3n) is 1.70. The van der Waals surface area contributed by atoms with E-state index in [0.29, 0.717) is 15.2 Å². The molecule has 0 amide bonds. The molecule has 1 aromatic heterocycles. The molecular weight excluding hydrogens is 378 g/mol. The molecule has 82 valence electrons. The summed E-state index contributed by atoms with van der Waals surface area (Å²) in [6.45, 7) is 0. The lowest BCUT2D eigenvalue weighted by molar-refractivity contribution is 0.957. The van der Waals surface area contributed by atoms with Gasteiger partial charge in [0.2, 0.25) is 0 Å². The van der Waals surface area contributed by atoms with Gasteiger partial charge < -0.3 is 0 Å². The van der Waals surface area contributed by atoms with Gasteiger partial charge in [0.25, 0.3) is 0 Å². The van der Waals surface area contributed by atoms with Crippen molar-refractivity contribution in [2.45, 2.75) is 10.1 Å². The molecule has 2 nitrogen and oxygen atoms in total. The van der Waals surface area contributed by atoms with Gasteiger partial charge in [0.05, 0.1) is 10.0 Å². The van der Waals surface area contributed by atoms with E-state index in [-0.39, 0.29) is 0 Å². The fraction of sp³-hybridized carbons (Fsp3) is 0. The second-order valence-corrected chi connectivity index (χ2v) is 5.96. The summed E-state index contributed by atoms with van der Waals surface area (Å²) in [5.41, 5.74) is 0. The molecule has 0 fully saturated rings. The summed E-state index contributed by atoms with van der Waals surface area (Å²) in [5, 5.41) is 1.78. The molecule has 0 bridgehead atoms. The van der Waals surface area contributed by atoms with Gasteiger partial charge in [-0.05, 0) is 52.6 Å². The Labute approximate surface area is 121 Å². The van der Waals surface area contributed by atoms with Crippen LogP contribution >= 0.6 is 57.6 Å². The van der Waals surface area contributed by atoms with E-state index in [9.17, 15) is 0 Å². The second kappa shape index (κ2) is 5.53. The molecule has 0 unspecified atom stereocenters. The van der Waals surface area contributed by atoms with E-state index >= 15 is 0 Å². The van der Waals surface area contributed by atoms with E-state index in [1.807, 2.05) is 6.07 Å². The van der Waals surface area contributed by atoms with Gasteiger partial charge in [-0.1, -0.05) is 23.2 Å². The van der Waals surface area contributed by atoms with Crippen LogP contribution in [0.1, 0.15) is 0 Å². The summed E-state index contributed by atoms with van der Waals surface area (Å²) >= 11 is 15.4. The van der Waals surface area contributed by atoms with E-state index in [2.05, 4.69) is 32.6 Å². The smallest absolute Gasteiger partial charge is 0.192 e. The first-order valence-electron chi connectivity index (χ1n) is 4.25. The largest absolute Gasteiger partial charge is 0.230 e. The van der Waals surface area contributed by atoms with Crippen LogP contribution in [-0.2, 0) is 0 Å². The van der Waals surface area contributed by atoms with Crippen molar-refractivity contribution in [3.8, 4) is 0 Å². The Morgan fingerprint density at radius 3 is 2.38 bits per heavy atom. The van der Waals surface area contributed by atoms with Crippen LogP contribution in [0.5, 0.6) is 0 Å². The lowest BCUT2D eigenvalue weighted by atomic mass is 10.4. The molecule has 2 rings (SSSR count). The van der Waals surface area contributed by atoms with Crippen molar-refractivity contribution in [3.05, 3.63) is 44.2 Å². The maximum Gasteiger partial charge on any atom is 0.192 e. The fourth-order valence-corrected chi connectivity index (χ4v) is 2.37. The van der Waals surface area contributed by atoms with Crippen molar-refractivity contribution >= 4 is 57.6 Å². The summed E-state index contributed by atoms with van der Waals surface area (Å²) in [6, 6.07) is 5.45. The van der Waals surface area contributed by atoms with Gasteiger partial charge in [-0.3, -0.25) is 0 Å². The van der Waals surface area contributed by atoms with Crippen molar-refractivity contribution in [1.82, 2.24) is 9.97 Å². The van der Waals surface area contributed by atoms with E-state index < -0.39 is 0 Å². The van der Waals surface area contributed by atoms with Gasteiger partial charge in [0, 0.05) is 20.9 Å². The van der Waals surface area contributed by atoms with Crippen molar-refractivity contribution in [2.75, 3.05) is 0 Å². The van der Waals surface area contributed by atoms with Gasteiger partial charge >= 0.3 is 0 Å². The SMILES string of the molecule is Clc1ccc(Sc2ncc(I)cn2)cc1Cl. The van der Waals surface area contributed by atoms with Gasteiger partial charge in [0.15, 0.2) is 5.16 Å². The topological polar surface area (TPSA) is 25.8 Å². The Bertz CT molecular complexity index is 505. The molecule has 1 heterocycles. The minimum absolute atomic E-state index is 0.539. The van der Waals surface area contributed by atoms with Gasteiger partial charge in [-0.2, -0.15) is 0 Å². The number of hydrogen-bond donors (Lipinski definition) is 0. The number of benzene rings is 1. The van der Waals surface area contributed by atoms with E-state index in [1.165, 1.54) is 11.8 Å². The first-order valence-corrected chi connectivity index (χ1v) is 6.91. The van der Waals surface area contributed by atoms with Crippen LogP contribution < -0.4 is 0 Å². The van der Waals surface area contributed by atoms with Crippen molar-refractivity contribution in [2.24, 2.45) is 0 Å². The first kappa shape index (κ1) is 12.4. The molecule has 0 atom stereocenters. The minimum Gasteiger partial charge on any atom is -0.230 e. The minimum atomic E-state index is 0.539.